The first-order valence-corrected chi connectivity index (χ1v) is 5.30. The Morgan fingerprint density at radius 3 is 2.81 bits per heavy atom. The van der Waals surface area contributed by atoms with Crippen molar-refractivity contribution < 1.29 is 14.6 Å². The number of aliphatic carboxylic acids is 1. The maximum Gasteiger partial charge on any atom is 0.328 e. The highest BCUT2D eigenvalue weighted by molar-refractivity contribution is 5.85. The molecule has 16 heavy (non-hydrogen) atoms. The van der Waals surface area contributed by atoms with E-state index in [1.54, 1.807) is 6.08 Å². The SMILES string of the molecule is CC[C@@H](C)Oc1ccccc1/C=C\C(=O)O. The summed E-state index contributed by atoms with van der Waals surface area (Å²) in [6.45, 7) is 4.03. The number of carboxylic acids is 1. The van der Waals surface area contributed by atoms with Crippen molar-refractivity contribution in [3.63, 3.8) is 0 Å². The van der Waals surface area contributed by atoms with Crippen LogP contribution in [0.25, 0.3) is 6.08 Å². The molecule has 0 aromatic heterocycles. The lowest BCUT2D eigenvalue weighted by molar-refractivity contribution is -0.131. The van der Waals surface area contributed by atoms with Gasteiger partial charge in [-0.15, -0.1) is 0 Å². The standard InChI is InChI=1S/C13H16O3/c1-3-10(2)16-12-7-5-4-6-11(12)8-9-13(14)15/h4-10H,3H2,1-2H3,(H,14,15)/b9-8-/t10-/m1/s1. The number of benzene rings is 1. The molecule has 0 aliphatic carbocycles. The molecular weight excluding hydrogens is 204 g/mol. The van der Waals surface area contributed by atoms with Crippen LogP contribution >= 0.6 is 0 Å². The zero-order valence-corrected chi connectivity index (χ0v) is 9.51. The molecule has 0 saturated carbocycles. The van der Waals surface area contributed by atoms with E-state index in [9.17, 15) is 4.79 Å². The van der Waals surface area contributed by atoms with Gasteiger partial charge >= 0.3 is 5.97 Å². The van der Waals surface area contributed by atoms with Crippen LogP contribution in [0.3, 0.4) is 0 Å². The monoisotopic (exact) mass is 220 g/mol. The Hall–Kier alpha value is -1.77. The highest BCUT2D eigenvalue weighted by Crippen LogP contribution is 2.21. The van der Waals surface area contributed by atoms with Crippen LogP contribution in [0.5, 0.6) is 5.75 Å². The fraction of sp³-hybridized carbons (Fsp3) is 0.308. The van der Waals surface area contributed by atoms with Crippen molar-refractivity contribution in [3.8, 4) is 5.75 Å². The molecule has 3 nitrogen and oxygen atoms in total. The van der Waals surface area contributed by atoms with Crippen LogP contribution in [0.1, 0.15) is 25.8 Å². The molecule has 0 aliphatic heterocycles. The van der Waals surface area contributed by atoms with Gasteiger partial charge in [0.1, 0.15) is 5.75 Å². The lowest BCUT2D eigenvalue weighted by atomic mass is 10.2. The highest BCUT2D eigenvalue weighted by atomic mass is 16.5. The Morgan fingerprint density at radius 1 is 1.50 bits per heavy atom. The summed E-state index contributed by atoms with van der Waals surface area (Å²) in [6.07, 6.45) is 3.69. The Labute approximate surface area is 95.4 Å². The van der Waals surface area contributed by atoms with Crippen LogP contribution in [-0.2, 0) is 4.79 Å². The minimum absolute atomic E-state index is 0.124. The largest absolute Gasteiger partial charge is 0.490 e. The lowest BCUT2D eigenvalue weighted by Crippen LogP contribution is -2.10. The molecule has 1 rings (SSSR count). The van der Waals surface area contributed by atoms with E-state index in [0.717, 1.165) is 18.1 Å². The molecule has 86 valence electrons. The molecule has 0 amide bonds. The third kappa shape index (κ3) is 3.77. The number of hydrogen-bond acceptors (Lipinski definition) is 2. The molecule has 0 bridgehead atoms. The van der Waals surface area contributed by atoms with Gasteiger partial charge in [-0.1, -0.05) is 25.1 Å². The van der Waals surface area contributed by atoms with Gasteiger partial charge in [0.2, 0.25) is 0 Å². The second kappa shape index (κ2) is 5.95. The van der Waals surface area contributed by atoms with Crippen LogP contribution in [0.2, 0.25) is 0 Å². The van der Waals surface area contributed by atoms with Crippen molar-refractivity contribution in [1.82, 2.24) is 0 Å². The molecule has 0 heterocycles. The smallest absolute Gasteiger partial charge is 0.328 e. The van der Waals surface area contributed by atoms with Crippen LogP contribution in [-0.4, -0.2) is 17.2 Å². The van der Waals surface area contributed by atoms with Gasteiger partial charge < -0.3 is 9.84 Å². The summed E-state index contributed by atoms with van der Waals surface area (Å²) >= 11 is 0. The summed E-state index contributed by atoms with van der Waals surface area (Å²) < 4.78 is 5.68. The van der Waals surface area contributed by atoms with Gasteiger partial charge in [0, 0.05) is 11.6 Å². The van der Waals surface area contributed by atoms with Gasteiger partial charge in [-0.25, -0.2) is 4.79 Å². The minimum atomic E-state index is -0.960. The zero-order valence-electron chi connectivity index (χ0n) is 9.51. The molecule has 1 aromatic rings. The number of ether oxygens (including phenoxy) is 1. The molecule has 0 unspecified atom stereocenters. The van der Waals surface area contributed by atoms with E-state index in [4.69, 9.17) is 9.84 Å². The van der Waals surface area contributed by atoms with E-state index < -0.39 is 5.97 Å². The maximum atomic E-state index is 10.4. The zero-order chi connectivity index (χ0) is 12.0. The fourth-order valence-electron chi connectivity index (χ4n) is 1.19. The molecular formula is C13H16O3. The predicted molar refractivity (Wildman–Crippen MR) is 63.5 cm³/mol. The first-order valence-electron chi connectivity index (χ1n) is 5.30. The number of rotatable bonds is 5. The molecule has 0 saturated heterocycles. The predicted octanol–water partition coefficient (Wildman–Crippen LogP) is 2.96. The molecule has 0 spiro atoms. The van der Waals surface area contributed by atoms with E-state index >= 15 is 0 Å². The number of hydrogen-bond donors (Lipinski definition) is 1. The van der Waals surface area contributed by atoms with Gasteiger partial charge in [0.25, 0.3) is 0 Å². The number of para-hydroxylation sites is 1. The second-order valence-electron chi connectivity index (χ2n) is 3.55. The topological polar surface area (TPSA) is 46.5 Å². The quantitative estimate of drug-likeness (QED) is 0.776. The maximum absolute atomic E-state index is 10.4. The normalized spacial score (nSPS) is 12.6. The summed E-state index contributed by atoms with van der Waals surface area (Å²) in [5.74, 6) is -0.243. The van der Waals surface area contributed by atoms with Crippen molar-refractivity contribution in [3.05, 3.63) is 35.9 Å². The summed E-state index contributed by atoms with van der Waals surface area (Å²) in [7, 11) is 0. The van der Waals surface area contributed by atoms with Crippen molar-refractivity contribution >= 4 is 12.0 Å². The number of carbonyl (C=O) groups is 1. The van der Waals surface area contributed by atoms with E-state index in [0.29, 0.717) is 5.75 Å². The van der Waals surface area contributed by atoms with Crippen LogP contribution in [0, 0.1) is 0 Å². The molecule has 1 atom stereocenters. The molecule has 1 N–H and O–H groups in total. The van der Waals surface area contributed by atoms with E-state index in [1.807, 2.05) is 38.1 Å². The summed E-state index contributed by atoms with van der Waals surface area (Å²) in [6, 6.07) is 7.39. The minimum Gasteiger partial charge on any atom is -0.490 e. The number of carboxylic acid groups (broad SMARTS) is 1. The fourth-order valence-corrected chi connectivity index (χ4v) is 1.19. The molecule has 1 aromatic carbocycles. The van der Waals surface area contributed by atoms with E-state index in [-0.39, 0.29) is 6.10 Å². The van der Waals surface area contributed by atoms with Gasteiger partial charge in [0.15, 0.2) is 0 Å². The Morgan fingerprint density at radius 2 is 2.19 bits per heavy atom. The molecule has 0 fully saturated rings. The van der Waals surface area contributed by atoms with Gasteiger partial charge in [-0.2, -0.15) is 0 Å². The average molecular weight is 220 g/mol. The Balaban J connectivity index is 2.87. The van der Waals surface area contributed by atoms with E-state index in [2.05, 4.69) is 0 Å². The third-order valence-corrected chi connectivity index (χ3v) is 2.23. The van der Waals surface area contributed by atoms with Crippen molar-refractivity contribution in [2.75, 3.05) is 0 Å². The summed E-state index contributed by atoms with van der Waals surface area (Å²) in [4.78, 5) is 10.4. The first-order chi connectivity index (χ1) is 7.63. The third-order valence-electron chi connectivity index (χ3n) is 2.23. The molecule has 0 aliphatic rings. The molecule has 0 radical (unpaired) electrons. The summed E-state index contributed by atoms with van der Waals surface area (Å²) in [5.41, 5.74) is 0.783. The Bertz CT molecular complexity index is 383. The first kappa shape index (κ1) is 12.3. The highest BCUT2D eigenvalue weighted by Gasteiger charge is 2.04. The lowest BCUT2D eigenvalue weighted by Gasteiger charge is -2.14. The second-order valence-corrected chi connectivity index (χ2v) is 3.55. The van der Waals surface area contributed by atoms with Gasteiger partial charge in [-0.05, 0) is 25.5 Å². The van der Waals surface area contributed by atoms with Crippen molar-refractivity contribution in [2.45, 2.75) is 26.4 Å². The van der Waals surface area contributed by atoms with Crippen LogP contribution < -0.4 is 4.74 Å². The van der Waals surface area contributed by atoms with Crippen LogP contribution in [0.4, 0.5) is 0 Å². The van der Waals surface area contributed by atoms with E-state index in [1.165, 1.54) is 0 Å². The molecule has 3 heteroatoms. The Kier molecular flexibility index (Phi) is 4.58. The average Bonchev–Trinajstić information content (AvgIpc) is 2.27. The van der Waals surface area contributed by atoms with Crippen molar-refractivity contribution in [2.24, 2.45) is 0 Å². The van der Waals surface area contributed by atoms with Gasteiger partial charge in [-0.3, -0.25) is 0 Å². The summed E-state index contributed by atoms with van der Waals surface area (Å²) in [5, 5.41) is 8.57. The van der Waals surface area contributed by atoms with Gasteiger partial charge in [0.05, 0.1) is 6.10 Å². The van der Waals surface area contributed by atoms with Crippen molar-refractivity contribution in [1.29, 1.82) is 0 Å². The van der Waals surface area contributed by atoms with Crippen LogP contribution in [0.15, 0.2) is 30.3 Å².